The van der Waals surface area contributed by atoms with Gasteiger partial charge in [-0.05, 0) is 22.4 Å². The molecule has 0 bridgehead atoms. The van der Waals surface area contributed by atoms with E-state index in [9.17, 15) is 18.3 Å². The SMILES string of the molecule is COC(=O)NS(=O)(=O)NCC(O)c1ccsc1. The minimum absolute atomic E-state index is 0.233. The molecule has 0 aromatic carbocycles. The van der Waals surface area contributed by atoms with Crippen LogP contribution in [0.3, 0.4) is 0 Å². The highest BCUT2D eigenvalue weighted by Gasteiger charge is 2.16. The van der Waals surface area contributed by atoms with Crippen LogP contribution < -0.4 is 9.44 Å². The van der Waals surface area contributed by atoms with Gasteiger partial charge in [0.2, 0.25) is 0 Å². The molecule has 1 rings (SSSR count). The molecule has 0 aliphatic rings. The number of nitrogens with one attached hydrogen (secondary N) is 2. The second kappa shape index (κ2) is 5.96. The fourth-order valence-corrected chi connectivity index (χ4v) is 2.42. The summed E-state index contributed by atoms with van der Waals surface area (Å²) in [6.07, 6.45) is -2.06. The number of carbonyl (C=O) groups is 1. The summed E-state index contributed by atoms with van der Waals surface area (Å²) in [6.45, 7) is -0.233. The summed E-state index contributed by atoms with van der Waals surface area (Å²) in [7, 11) is -2.96. The Morgan fingerprint density at radius 1 is 1.65 bits per heavy atom. The third kappa shape index (κ3) is 4.69. The van der Waals surface area contributed by atoms with E-state index in [2.05, 4.69) is 4.74 Å². The van der Waals surface area contributed by atoms with Gasteiger partial charge in [0.25, 0.3) is 0 Å². The highest BCUT2D eigenvalue weighted by atomic mass is 32.2. The summed E-state index contributed by atoms with van der Waals surface area (Å²) in [4.78, 5) is 10.7. The van der Waals surface area contributed by atoms with Crippen molar-refractivity contribution in [3.8, 4) is 0 Å². The molecule has 0 saturated heterocycles. The van der Waals surface area contributed by atoms with E-state index < -0.39 is 22.4 Å². The van der Waals surface area contributed by atoms with Gasteiger partial charge >= 0.3 is 16.3 Å². The molecule has 1 aromatic heterocycles. The van der Waals surface area contributed by atoms with E-state index in [0.29, 0.717) is 5.56 Å². The van der Waals surface area contributed by atoms with Gasteiger partial charge in [-0.3, -0.25) is 0 Å². The molecule has 7 nitrogen and oxygen atoms in total. The third-order valence-electron chi connectivity index (χ3n) is 1.80. The molecule has 0 radical (unpaired) electrons. The number of hydrogen-bond acceptors (Lipinski definition) is 6. The molecule has 1 aromatic rings. The van der Waals surface area contributed by atoms with Crippen LogP contribution in [0.2, 0.25) is 0 Å². The van der Waals surface area contributed by atoms with E-state index in [0.717, 1.165) is 7.11 Å². The number of rotatable bonds is 5. The highest BCUT2D eigenvalue weighted by molar-refractivity contribution is 7.88. The van der Waals surface area contributed by atoms with Crippen LogP contribution in [0.5, 0.6) is 0 Å². The molecular formula is C8H12N2O5S2. The van der Waals surface area contributed by atoms with Gasteiger partial charge in [-0.25, -0.2) is 9.52 Å². The van der Waals surface area contributed by atoms with Crippen molar-refractivity contribution in [2.45, 2.75) is 6.10 Å². The van der Waals surface area contributed by atoms with E-state index in [1.54, 1.807) is 21.5 Å². The summed E-state index contributed by atoms with van der Waals surface area (Å²) in [6, 6.07) is 1.68. The van der Waals surface area contributed by atoms with Crippen molar-refractivity contribution >= 4 is 27.6 Å². The molecule has 1 atom stereocenters. The first-order valence-electron chi connectivity index (χ1n) is 4.50. The number of amides is 1. The Hall–Kier alpha value is -1.16. The van der Waals surface area contributed by atoms with E-state index >= 15 is 0 Å². The molecule has 1 heterocycles. The molecule has 0 fully saturated rings. The maximum absolute atomic E-state index is 11.2. The average Bonchev–Trinajstić information content (AvgIpc) is 2.78. The molecule has 3 N–H and O–H groups in total. The largest absolute Gasteiger partial charge is 0.452 e. The lowest BCUT2D eigenvalue weighted by molar-refractivity contribution is 0.175. The summed E-state index contributed by atoms with van der Waals surface area (Å²) in [5, 5.41) is 13.1. The normalized spacial score (nSPS) is 13.1. The van der Waals surface area contributed by atoms with Gasteiger partial charge in [0.15, 0.2) is 0 Å². The minimum Gasteiger partial charge on any atom is -0.452 e. The van der Waals surface area contributed by atoms with Crippen LogP contribution >= 0.6 is 11.3 Å². The Morgan fingerprint density at radius 3 is 2.88 bits per heavy atom. The molecule has 9 heteroatoms. The van der Waals surface area contributed by atoms with Crippen molar-refractivity contribution in [3.63, 3.8) is 0 Å². The van der Waals surface area contributed by atoms with E-state index in [4.69, 9.17) is 0 Å². The number of thiophene rings is 1. The van der Waals surface area contributed by atoms with Gasteiger partial charge in [-0.15, -0.1) is 0 Å². The molecule has 0 aliphatic carbocycles. The summed E-state index contributed by atoms with van der Waals surface area (Å²) < 4.78 is 30.2. The van der Waals surface area contributed by atoms with Crippen LogP contribution in [0.15, 0.2) is 16.8 Å². The topological polar surface area (TPSA) is 105 Å². The van der Waals surface area contributed by atoms with Crippen molar-refractivity contribution in [1.29, 1.82) is 0 Å². The van der Waals surface area contributed by atoms with Gasteiger partial charge in [0.1, 0.15) is 0 Å². The lowest BCUT2D eigenvalue weighted by Gasteiger charge is -2.11. The fraction of sp³-hybridized carbons (Fsp3) is 0.375. The molecule has 1 unspecified atom stereocenters. The monoisotopic (exact) mass is 280 g/mol. The van der Waals surface area contributed by atoms with E-state index in [1.165, 1.54) is 11.3 Å². The Kier molecular flexibility index (Phi) is 4.87. The number of aliphatic hydroxyl groups excluding tert-OH is 1. The molecule has 17 heavy (non-hydrogen) atoms. The molecule has 0 spiro atoms. The van der Waals surface area contributed by atoms with Gasteiger partial charge in [-0.1, -0.05) is 0 Å². The Balaban J connectivity index is 2.47. The van der Waals surface area contributed by atoms with Crippen LogP contribution in [0, 0.1) is 0 Å². The van der Waals surface area contributed by atoms with Crippen LogP contribution in [0.25, 0.3) is 0 Å². The zero-order valence-corrected chi connectivity index (χ0v) is 10.5. The standard InChI is InChI=1S/C8H12N2O5S2/c1-15-8(12)10-17(13,14)9-4-7(11)6-2-3-16-5-6/h2-3,5,7,9,11H,4H2,1H3,(H,10,12). The van der Waals surface area contributed by atoms with Crippen molar-refractivity contribution in [2.75, 3.05) is 13.7 Å². The Morgan fingerprint density at radius 2 is 2.35 bits per heavy atom. The summed E-state index contributed by atoms with van der Waals surface area (Å²) >= 11 is 1.39. The lowest BCUT2D eigenvalue weighted by atomic mass is 10.2. The van der Waals surface area contributed by atoms with Crippen molar-refractivity contribution in [3.05, 3.63) is 22.4 Å². The maximum atomic E-state index is 11.2. The fourth-order valence-electron chi connectivity index (χ4n) is 0.959. The zero-order chi connectivity index (χ0) is 12.9. The van der Waals surface area contributed by atoms with E-state index in [-0.39, 0.29) is 6.54 Å². The molecule has 0 aliphatic heterocycles. The van der Waals surface area contributed by atoms with Crippen LogP contribution in [0.4, 0.5) is 4.79 Å². The van der Waals surface area contributed by atoms with Crippen molar-refractivity contribution in [2.24, 2.45) is 0 Å². The number of methoxy groups -OCH3 is 1. The van der Waals surface area contributed by atoms with Gasteiger partial charge in [-0.2, -0.15) is 24.5 Å². The van der Waals surface area contributed by atoms with Crippen molar-refractivity contribution < 1.29 is 23.1 Å². The Bertz CT molecular complexity index is 456. The Labute approximate surface area is 103 Å². The molecular weight excluding hydrogens is 268 g/mol. The van der Waals surface area contributed by atoms with Crippen LogP contribution in [-0.4, -0.2) is 33.3 Å². The summed E-state index contributed by atoms with van der Waals surface area (Å²) in [5.74, 6) is 0. The number of aliphatic hydroxyl groups is 1. The number of carbonyl (C=O) groups excluding carboxylic acids is 1. The quantitative estimate of drug-likeness (QED) is 0.702. The highest BCUT2D eigenvalue weighted by Crippen LogP contribution is 2.15. The van der Waals surface area contributed by atoms with Gasteiger partial charge < -0.3 is 9.84 Å². The molecule has 96 valence electrons. The predicted octanol–water partition coefficient (Wildman–Crippen LogP) is -0.0281. The van der Waals surface area contributed by atoms with Crippen molar-refractivity contribution in [1.82, 2.24) is 9.44 Å². The van der Waals surface area contributed by atoms with Gasteiger partial charge in [0, 0.05) is 6.54 Å². The van der Waals surface area contributed by atoms with Crippen LogP contribution in [-0.2, 0) is 14.9 Å². The first kappa shape index (κ1) is 13.9. The third-order valence-corrected chi connectivity index (χ3v) is 3.48. The first-order valence-corrected chi connectivity index (χ1v) is 6.92. The molecule has 1 amide bonds. The van der Waals surface area contributed by atoms with Crippen LogP contribution in [0.1, 0.15) is 11.7 Å². The maximum Gasteiger partial charge on any atom is 0.421 e. The minimum atomic E-state index is -4.01. The van der Waals surface area contributed by atoms with Gasteiger partial charge in [0.05, 0.1) is 13.2 Å². The smallest absolute Gasteiger partial charge is 0.421 e. The molecule has 0 saturated carbocycles. The number of ether oxygens (including phenoxy) is 1. The second-order valence-corrected chi connectivity index (χ2v) is 5.30. The average molecular weight is 280 g/mol. The lowest BCUT2D eigenvalue weighted by Crippen LogP contribution is -2.41. The second-order valence-electron chi connectivity index (χ2n) is 3.02. The first-order chi connectivity index (χ1) is 7.94. The number of hydrogen-bond donors (Lipinski definition) is 3. The summed E-state index contributed by atoms with van der Waals surface area (Å²) in [5.41, 5.74) is 0.607. The predicted molar refractivity (Wildman–Crippen MR) is 61.7 cm³/mol. The zero-order valence-electron chi connectivity index (χ0n) is 8.91. The van der Waals surface area contributed by atoms with E-state index in [1.807, 2.05) is 4.72 Å².